The van der Waals surface area contributed by atoms with E-state index in [2.05, 4.69) is 32.6 Å². The molecule has 1 aliphatic rings. The molecule has 1 rings (SSSR count). The van der Waals surface area contributed by atoms with Gasteiger partial charge in [-0.2, -0.15) is 0 Å². The zero-order chi connectivity index (χ0) is 14.4. The fraction of sp³-hybridized carbons (Fsp3) is 1.00. The minimum atomic E-state index is 0.246. The van der Waals surface area contributed by atoms with Crippen LogP contribution in [0.15, 0.2) is 0 Å². The van der Waals surface area contributed by atoms with Gasteiger partial charge in [-0.3, -0.25) is 4.90 Å². The SMILES string of the molecule is CCCCN(CCCC)C1(CN)CCCCC1(C)C. The van der Waals surface area contributed by atoms with Crippen LogP contribution >= 0.6 is 0 Å². The van der Waals surface area contributed by atoms with E-state index in [1.165, 1.54) is 64.5 Å². The van der Waals surface area contributed by atoms with Crippen molar-refractivity contribution in [3.05, 3.63) is 0 Å². The second-order valence-electron chi connectivity index (χ2n) is 7.02. The first-order chi connectivity index (χ1) is 9.04. The van der Waals surface area contributed by atoms with E-state index in [1.807, 2.05) is 0 Å². The molecule has 0 radical (unpaired) electrons. The molecule has 0 aromatic heterocycles. The van der Waals surface area contributed by atoms with Crippen molar-refractivity contribution in [3.8, 4) is 0 Å². The van der Waals surface area contributed by atoms with Crippen LogP contribution in [-0.4, -0.2) is 30.1 Å². The van der Waals surface area contributed by atoms with Gasteiger partial charge in [-0.05, 0) is 44.2 Å². The van der Waals surface area contributed by atoms with Gasteiger partial charge in [-0.1, -0.05) is 53.4 Å². The first-order valence-electron chi connectivity index (χ1n) is 8.49. The molecule has 114 valence electrons. The fourth-order valence-corrected chi connectivity index (χ4v) is 3.89. The van der Waals surface area contributed by atoms with Crippen molar-refractivity contribution >= 4 is 0 Å². The van der Waals surface area contributed by atoms with Crippen LogP contribution in [0.3, 0.4) is 0 Å². The standard InChI is InChI=1S/C17H36N2/c1-5-7-13-19(14-8-6-2)17(15-18)12-10-9-11-16(17,3)4/h5-15,18H2,1-4H3. The summed E-state index contributed by atoms with van der Waals surface area (Å²) in [5.74, 6) is 0. The van der Waals surface area contributed by atoms with Gasteiger partial charge in [-0.15, -0.1) is 0 Å². The molecule has 2 N–H and O–H groups in total. The summed E-state index contributed by atoms with van der Waals surface area (Å²) in [6.07, 6.45) is 10.5. The Morgan fingerprint density at radius 1 is 0.947 bits per heavy atom. The molecule has 2 nitrogen and oxygen atoms in total. The van der Waals surface area contributed by atoms with E-state index in [0.717, 1.165) is 6.54 Å². The maximum atomic E-state index is 6.32. The average molecular weight is 268 g/mol. The van der Waals surface area contributed by atoms with Gasteiger partial charge in [-0.25, -0.2) is 0 Å². The molecule has 1 unspecified atom stereocenters. The van der Waals surface area contributed by atoms with Crippen LogP contribution in [0.25, 0.3) is 0 Å². The minimum absolute atomic E-state index is 0.246. The van der Waals surface area contributed by atoms with E-state index in [-0.39, 0.29) is 5.54 Å². The van der Waals surface area contributed by atoms with Crippen LogP contribution in [0.1, 0.15) is 79.1 Å². The fourth-order valence-electron chi connectivity index (χ4n) is 3.89. The number of nitrogens with two attached hydrogens (primary N) is 1. The molecule has 0 spiro atoms. The van der Waals surface area contributed by atoms with Gasteiger partial charge in [0, 0.05) is 12.1 Å². The molecule has 19 heavy (non-hydrogen) atoms. The molecule has 0 bridgehead atoms. The van der Waals surface area contributed by atoms with Gasteiger partial charge in [0.2, 0.25) is 0 Å². The molecule has 2 heteroatoms. The highest BCUT2D eigenvalue weighted by Crippen LogP contribution is 2.47. The van der Waals surface area contributed by atoms with Crippen LogP contribution in [0.5, 0.6) is 0 Å². The Morgan fingerprint density at radius 3 is 1.89 bits per heavy atom. The van der Waals surface area contributed by atoms with Gasteiger partial charge in [0.25, 0.3) is 0 Å². The second kappa shape index (κ2) is 7.64. The molecule has 1 fully saturated rings. The van der Waals surface area contributed by atoms with Gasteiger partial charge in [0.15, 0.2) is 0 Å². The Balaban J connectivity index is 2.90. The average Bonchev–Trinajstić information content (AvgIpc) is 2.39. The van der Waals surface area contributed by atoms with Crippen molar-refractivity contribution in [2.24, 2.45) is 11.1 Å². The number of hydrogen-bond donors (Lipinski definition) is 1. The van der Waals surface area contributed by atoms with E-state index >= 15 is 0 Å². The van der Waals surface area contributed by atoms with Crippen LogP contribution in [0.2, 0.25) is 0 Å². The van der Waals surface area contributed by atoms with Gasteiger partial charge < -0.3 is 5.73 Å². The normalized spacial score (nSPS) is 26.8. The highest BCUT2D eigenvalue weighted by molar-refractivity contribution is 5.05. The summed E-state index contributed by atoms with van der Waals surface area (Å²) in [6.45, 7) is 12.8. The Bertz CT molecular complexity index is 242. The third kappa shape index (κ3) is 3.72. The van der Waals surface area contributed by atoms with Crippen molar-refractivity contribution < 1.29 is 0 Å². The first kappa shape index (κ1) is 17.0. The molecule has 1 saturated carbocycles. The maximum absolute atomic E-state index is 6.32. The van der Waals surface area contributed by atoms with Crippen LogP contribution < -0.4 is 5.73 Å². The number of rotatable bonds is 8. The van der Waals surface area contributed by atoms with E-state index < -0.39 is 0 Å². The monoisotopic (exact) mass is 268 g/mol. The molecular formula is C17H36N2. The Hall–Kier alpha value is -0.0800. The van der Waals surface area contributed by atoms with E-state index in [9.17, 15) is 0 Å². The lowest BCUT2D eigenvalue weighted by molar-refractivity contribution is -0.0453. The molecule has 0 aliphatic heterocycles. The van der Waals surface area contributed by atoms with Crippen molar-refractivity contribution in [1.82, 2.24) is 4.90 Å². The lowest BCUT2D eigenvalue weighted by Crippen LogP contribution is -2.64. The van der Waals surface area contributed by atoms with Crippen molar-refractivity contribution in [1.29, 1.82) is 0 Å². The Kier molecular flexibility index (Phi) is 6.82. The van der Waals surface area contributed by atoms with E-state index in [0.29, 0.717) is 5.41 Å². The molecule has 0 heterocycles. The van der Waals surface area contributed by atoms with E-state index in [1.54, 1.807) is 0 Å². The largest absolute Gasteiger partial charge is 0.329 e. The van der Waals surface area contributed by atoms with Crippen LogP contribution in [-0.2, 0) is 0 Å². The number of hydrogen-bond acceptors (Lipinski definition) is 2. The van der Waals surface area contributed by atoms with Crippen LogP contribution in [0.4, 0.5) is 0 Å². The zero-order valence-corrected chi connectivity index (χ0v) is 13.8. The van der Waals surface area contributed by atoms with Gasteiger partial charge in [0.1, 0.15) is 0 Å². The second-order valence-corrected chi connectivity index (χ2v) is 7.02. The Morgan fingerprint density at radius 2 is 1.47 bits per heavy atom. The molecule has 0 amide bonds. The summed E-state index contributed by atoms with van der Waals surface area (Å²) in [5.41, 5.74) is 6.92. The van der Waals surface area contributed by atoms with Crippen molar-refractivity contribution in [3.63, 3.8) is 0 Å². The van der Waals surface area contributed by atoms with Gasteiger partial charge in [0.05, 0.1) is 0 Å². The minimum Gasteiger partial charge on any atom is -0.329 e. The zero-order valence-electron chi connectivity index (χ0n) is 13.8. The first-order valence-corrected chi connectivity index (χ1v) is 8.49. The number of nitrogens with zero attached hydrogens (tertiary/aromatic N) is 1. The maximum Gasteiger partial charge on any atom is 0.0382 e. The van der Waals surface area contributed by atoms with Gasteiger partial charge >= 0.3 is 0 Å². The molecular weight excluding hydrogens is 232 g/mol. The Labute approximate surface area is 121 Å². The smallest absolute Gasteiger partial charge is 0.0382 e. The predicted octanol–water partition coefficient (Wildman–Crippen LogP) is 4.19. The topological polar surface area (TPSA) is 29.3 Å². The predicted molar refractivity (Wildman–Crippen MR) is 85.4 cm³/mol. The quantitative estimate of drug-likeness (QED) is 0.715. The van der Waals surface area contributed by atoms with Crippen molar-refractivity contribution in [2.45, 2.75) is 84.6 Å². The third-order valence-electron chi connectivity index (χ3n) is 5.41. The molecule has 0 aromatic rings. The highest BCUT2D eigenvalue weighted by atomic mass is 15.2. The third-order valence-corrected chi connectivity index (χ3v) is 5.41. The molecule has 0 aromatic carbocycles. The van der Waals surface area contributed by atoms with Crippen molar-refractivity contribution in [2.75, 3.05) is 19.6 Å². The summed E-state index contributed by atoms with van der Waals surface area (Å²) >= 11 is 0. The number of unbranched alkanes of at least 4 members (excludes halogenated alkanes) is 2. The lowest BCUT2D eigenvalue weighted by Gasteiger charge is -2.56. The summed E-state index contributed by atoms with van der Waals surface area (Å²) in [6, 6.07) is 0. The lowest BCUT2D eigenvalue weighted by atomic mass is 9.62. The van der Waals surface area contributed by atoms with Crippen LogP contribution in [0, 0.1) is 5.41 Å². The summed E-state index contributed by atoms with van der Waals surface area (Å²) in [7, 11) is 0. The molecule has 1 aliphatic carbocycles. The summed E-state index contributed by atoms with van der Waals surface area (Å²) in [5, 5.41) is 0. The molecule has 1 atom stereocenters. The summed E-state index contributed by atoms with van der Waals surface area (Å²) < 4.78 is 0. The summed E-state index contributed by atoms with van der Waals surface area (Å²) in [4.78, 5) is 2.76. The molecule has 0 saturated heterocycles. The van der Waals surface area contributed by atoms with E-state index in [4.69, 9.17) is 5.73 Å². The highest BCUT2D eigenvalue weighted by Gasteiger charge is 2.48.